The van der Waals surface area contributed by atoms with Gasteiger partial charge < -0.3 is 58.3 Å². The molecule has 2 heterocycles. The van der Waals surface area contributed by atoms with Gasteiger partial charge >= 0.3 is 29.8 Å². The van der Waals surface area contributed by atoms with Crippen molar-refractivity contribution in [1.29, 1.82) is 0 Å². The van der Waals surface area contributed by atoms with Gasteiger partial charge in [0.25, 0.3) is 0 Å². The molecule has 0 radical (unpaired) electrons. The van der Waals surface area contributed by atoms with Crippen LogP contribution in [0.25, 0.3) is 0 Å². The predicted molar refractivity (Wildman–Crippen MR) is 629 cm³/mol. The summed E-state index contributed by atoms with van der Waals surface area (Å²) in [6, 6.07) is 0. The van der Waals surface area contributed by atoms with Crippen LogP contribution in [0.1, 0.15) is 651 Å². The number of hydrogen-bond donors (Lipinski definition) is 4. The lowest BCUT2D eigenvalue weighted by molar-refractivity contribution is -0.377. The number of hydrogen-bond acceptors (Lipinski definition) is 17. The quantitative estimate of drug-likeness (QED) is 0.0192. The molecule has 2 aliphatic rings. The van der Waals surface area contributed by atoms with E-state index in [1.54, 1.807) is 27.7 Å². The summed E-state index contributed by atoms with van der Waals surface area (Å²) < 4.78 is 52.2. The molecular formula is C133H248O17. The van der Waals surface area contributed by atoms with Crippen molar-refractivity contribution >= 4 is 29.8 Å². The highest BCUT2D eigenvalue weighted by Gasteiger charge is 2.56. The average molecular weight is 2120 g/mol. The Kier molecular flexibility index (Phi) is 92.4. The van der Waals surface area contributed by atoms with Crippen molar-refractivity contribution in [2.45, 2.75) is 718 Å². The van der Waals surface area contributed by atoms with Crippen molar-refractivity contribution in [2.24, 2.45) is 53.3 Å². The lowest BCUT2D eigenvalue weighted by Crippen LogP contribution is -2.66. The van der Waals surface area contributed by atoms with Crippen LogP contribution in [0.4, 0.5) is 0 Å². The Morgan fingerprint density at radius 3 is 0.813 bits per heavy atom. The van der Waals surface area contributed by atoms with Gasteiger partial charge in [0.1, 0.15) is 31.0 Å². The Morgan fingerprint density at radius 2 is 0.527 bits per heavy atom. The molecule has 0 aromatic heterocycles. The first-order valence-electron chi connectivity index (χ1n) is 65.3. The standard InChI is InChI=1S/C133H248O17/c1-18-23-28-33-38-43-48-53-57-59-61-65-69-74-79-84-89-94-108(8)99-112(12)103-116(16)130(141)149-126-123(138)124(147-129(140)115(15)102-111(11)98-107(7)93-88-83-78-73-68-64-56-51-46-41-36-31-26-21-4)118(104-134)144-132(126)150-133-127(146-120(135)96-91-86-81-76-71-62-52-47-42-37-32-27-22-5)125(148-131(142)117(17)121(136)113(13)100-109(9)95-90-85-80-75-70-66-60-58-54-49-44-39-34-29-24-19-2)122(137)119(145-133)105-143-128(139)114(14)101-110(10)97-106(6)92-87-82-77-72-67-63-55-50-45-40-35-30-25-20-3/h101-103,106-113,117-119,121-127,132-134,136-138H,18-100,104-105H2,1-17H3/b114-101+,115-102+,116-103+/t106-,107-,108-,109-,110-,111-,112-,113-,117-,118?,119?,121-,122+,123?,124+,125?,126-,127+,132+,133+/m0/s1. The second-order valence-corrected chi connectivity index (χ2v) is 49.0. The number of aliphatic hydroxyl groups excluding tert-OH is 4. The van der Waals surface area contributed by atoms with E-state index in [9.17, 15) is 34.8 Å². The molecule has 0 saturated carbocycles. The first-order valence-corrected chi connectivity index (χ1v) is 65.3. The molecule has 17 nitrogen and oxygen atoms in total. The molecule has 0 bridgehead atoms. The van der Waals surface area contributed by atoms with E-state index in [-0.39, 0.29) is 47.2 Å². The third-order valence-corrected chi connectivity index (χ3v) is 33.1. The minimum Gasteiger partial charge on any atom is -0.459 e. The zero-order chi connectivity index (χ0) is 110. The first-order chi connectivity index (χ1) is 72.7. The maximum absolute atomic E-state index is 15.2. The highest BCUT2D eigenvalue weighted by atomic mass is 16.8. The highest BCUT2D eigenvalue weighted by molar-refractivity contribution is 5.89. The Morgan fingerprint density at radius 1 is 0.280 bits per heavy atom. The first kappa shape index (κ1) is 142. The number of carbonyl (C=O) groups is 5. The molecule has 2 rings (SSSR count). The van der Waals surface area contributed by atoms with Crippen LogP contribution in [0.2, 0.25) is 0 Å². The Balaban J connectivity index is 2.70. The second-order valence-electron chi connectivity index (χ2n) is 49.0. The van der Waals surface area contributed by atoms with Crippen LogP contribution in [0.3, 0.4) is 0 Å². The number of esters is 5. The number of rotatable bonds is 105. The van der Waals surface area contributed by atoms with E-state index < -0.39 is 116 Å². The third-order valence-electron chi connectivity index (χ3n) is 33.1. The van der Waals surface area contributed by atoms with Crippen molar-refractivity contribution < 1.29 is 82.3 Å². The smallest absolute Gasteiger partial charge is 0.333 e. The summed E-state index contributed by atoms with van der Waals surface area (Å²) in [6.07, 6.45) is 87.6. The highest BCUT2D eigenvalue weighted by Crippen LogP contribution is 2.38. The number of ether oxygens (including phenoxy) is 8. The number of carbonyl (C=O) groups excluding carboxylic acids is 5. The van der Waals surface area contributed by atoms with Gasteiger partial charge in [-0.3, -0.25) is 9.59 Å². The van der Waals surface area contributed by atoms with E-state index >= 15 is 9.59 Å². The van der Waals surface area contributed by atoms with Crippen molar-refractivity contribution in [3.8, 4) is 0 Å². The van der Waals surface area contributed by atoms with Crippen molar-refractivity contribution in [2.75, 3.05) is 13.2 Å². The summed E-state index contributed by atoms with van der Waals surface area (Å²) in [5, 5.41) is 49.9. The van der Waals surface area contributed by atoms with Crippen molar-refractivity contribution in [3.63, 3.8) is 0 Å². The van der Waals surface area contributed by atoms with Gasteiger partial charge in [0.2, 0.25) is 12.6 Å². The van der Waals surface area contributed by atoms with Crippen LogP contribution >= 0.6 is 0 Å². The number of aliphatic hydroxyl groups is 4. The molecule has 2 fully saturated rings. The lowest BCUT2D eigenvalue weighted by atomic mass is 9.85. The number of allylic oxidation sites excluding steroid dienone is 3. The van der Waals surface area contributed by atoms with Gasteiger partial charge in [0, 0.05) is 23.1 Å². The molecule has 20 atom stereocenters. The molecule has 882 valence electrons. The van der Waals surface area contributed by atoms with Crippen LogP contribution in [0.15, 0.2) is 34.9 Å². The lowest BCUT2D eigenvalue weighted by Gasteiger charge is -2.47. The van der Waals surface area contributed by atoms with Crippen LogP contribution in [0.5, 0.6) is 0 Å². The molecular weight excluding hydrogens is 1870 g/mol. The largest absolute Gasteiger partial charge is 0.459 e. The Hall–Kier alpha value is -3.71. The maximum Gasteiger partial charge on any atom is 0.333 e. The molecule has 4 N–H and O–H groups in total. The molecule has 2 aliphatic heterocycles. The van der Waals surface area contributed by atoms with Gasteiger partial charge in [-0.25, -0.2) is 14.4 Å². The van der Waals surface area contributed by atoms with E-state index in [2.05, 4.69) is 83.1 Å². The fourth-order valence-corrected chi connectivity index (χ4v) is 23.5. The van der Waals surface area contributed by atoms with Crippen molar-refractivity contribution in [3.05, 3.63) is 34.9 Å². The summed E-state index contributed by atoms with van der Waals surface area (Å²) in [5.74, 6) is -4.06. The van der Waals surface area contributed by atoms with Crippen LogP contribution in [0, 0.1) is 53.3 Å². The van der Waals surface area contributed by atoms with Crippen LogP contribution < -0.4 is 0 Å². The minimum atomic E-state index is -1.94. The molecule has 0 aromatic carbocycles. The topological polar surface area (TPSA) is 240 Å². The Bertz CT molecular complexity index is 3220. The van der Waals surface area contributed by atoms with E-state index in [0.717, 1.165) is 109 Å². The summed E-state index contributed by atoms with van der Waals surface area (Å²) in [5.41, 5.74) is 0.862. The Labute approximate surface area is 926 Å². The summed E-state index contributed by atoms with van der Waals surface area (Å²) in [4.78, 5) is 74.3. The zero-order valence-electron chi connectivity index (χ0n) is 101. The predicted octanol–water partition coefficient (Wildman–Crippen LogP) is 37.8. The van der Waals surface area contributed by atoms with Gasteiger partial charge in [0.15, 0.2) is 24.4 Å². The summed E-state index contributed by atoms with van der Waals surface area (Å²) >= 11 is 0. The molecule has 0 spiro atoms. The molecule has 0 aromatic rings. The average Bonchev–Trinajstić information content (AvgIpc) is 0.766. The fourth-order valence-electron chi connectivity index (χ4n) is 23.5. The van der Waals surface area contributed by atoms with Crippen molar-refractivity contribution in [1.82, 2.24) is 0 Å². The van der Waals surface area contributed by atoms with Gasteiger partial charge in [-0.05, 0) is 107 Å². The maximum atomic E-state index is 15.2. The van der Waals surface area contributed by atoms with Crippen LogP contribution in [-0.4, -0.2) is 131 Å². The normalized spacial score (nSPS) is 20.4. The summed E-state index contributed by atoms with van der Waals surface area (Å²) in [7, 11) is 0. The van der Waals surface area contributed by atoms with Gasteiger partial charge in [-0.15, -0.1) is 0 Å². The molecule has 4 unspecified atom stereocenters. The molecule has 0 aliphatic carbocycles. The molecule has 0 amide bonds. The fraction of sp³-hybridized carbons (Fsp3) is 0.917. The SMILES string of the molecule is CCCCCCCCCCCCCCCCCCC[C@H](C)C[C@H](C)/C=C(\C)C(=O)O[C@H]1C(O)[C@H](OC(=O)/C(C)=C/[C@@H](C)C[C@@H](C)CCCCCCCCCCCCCCCC)C(CO)O[C@@H]1O[C@H]1OC(COC(=O)/C(C)=C/[C@@H](C)C[C@@H](C)CCCCCCCCCCCCCCCC)[C@@H](O)C(OC(=O)[C@@H](C)[C@@H](O)[C@@H](C)C[C@@H](C)CCCCCCCCCCCCCCCCCC)[C@H]1OC(=O)CCCCCCCCCCCCCCC. The number of unbranched alkanes of at least 4 members (excludes halogenated alkanes) is 69. The third kappa shape index (κ3) is 74.6. The minimum absolute atomic E-state index is 0.0122. The second kappa shape index (κ2) is 97.3. The monoisotopic (exact) mass is 2120 g/mol. The van der Waals surface area contributed by atoms with E-state index in [4.69, 9.17) is 37.9 Å². The zero-order valence-corrected chi connectivity index (χ0v) is 101. The molecule has 2 saturated heterocycles. The van der Waals surface area contributed by atoms with E-state index in [1.165, 1.54) is 405 Å². The van der Waals surface area contributed by atoms with E-state index in [1.807, 2.05) is 25.2 Å². The summed E-state index contributed by atoms with van der Waals surface area (Å²) in [6.45, 7) is 33.7. The van der Waals surface area contributed by atoms with E-state index in [0.29, 0.717) is 36.2 Å². The van der Waals surface area contributed by atoms with Gasteiger partial charge in [-0.1, -0.05) is 603 Å². The van der Waals surface area contributed by atoms with Gasteiger partial charge in [-0.2, -0.15) is 0 Å². The van der Waals surface area contributed by atoms with Crippen LogP contribution in [-0.2, 0) is 61.9 Å². The molecule has 17 heteroatoms. The van der Waals surface area contributed by atoms with Gasteiger partial charge in [0.05, 0.1) is 18.6 Å². The molecule has 150 heavy (non-hydrogen) atoms.